The second kappa shape index (κ2) is 8.49. The Bertz CT molecular complexity index is 1460. The molecule has 9 nitrogen and oxygen atoms in total. The predicted molar refractivity (Wildman–Crippen MR) is 126 cm³/mol. The molecule has 0 aliphatic carbocycles. The molecule has 0 unspecified atom stereocenters. The summed E-state index contributed by atoms with van der Waals surface area (Å²) in [5, 5.41) is 0. The van der Waals surface area contributed by atoms with Crippen LogP contribution in [0.15, 0.2) is 58.1 Å². The molecule has 0 radical (unpaired) electrons. The fourth-order valence-corrected chi connectivity index (χ4v) is 4.66. The van der Waals surface area contributed by atoms with Gasteiger partial charge in [0.2, 0.25) is 0 Å². The van der Waals surface area contributed by atoms with E-state index >= 15 is 0 Å². The molecule has 0 bridgehead atoms. The van der Waals surface area contributed by atoms with Gasteiger partial charge in [-0.25, -0.2) is 9.78 Å². The molecule has 2 aliphatic heterocycles. The molecule has 174 valence electrons. The minimum atomic E-state index is -0.489. The number of imidazole rings is 1. The summed E-state index contributed by atoms with van der Waals surface area (Å²) in [6, 6.07) is 15.2. The largest absolute Gasteiger partial charge is 0.486 e. The Kier molecular flexibility index (Phi) is 5.18. The lowest BCUT2D eigenvalue weighted by Crippen LogP contribution is -2.32. The van der Waals surface area contributed by atoms with Crippen molar-refractivity contribution in [2.75, 3.05) is 19.8 Å². The molecule has 0 saturated carbocycles. The highest BCUT2D eigenvalue weighted by Crippen LogP contribution is 2.35. The summed E-state index contributed by atoms with van der Waals surface area (Å²) in [5.74, 6) is 1.89. The van der Waals surface area contributed by atoms with Crippen molar-refractivity contribution in [3.05, 3.63) is 74.9 Å². The van der Waals surface area contributed by atoms with E-state index in [0.717, 1.165) is 24.0 Å². The van der Waals surface area contributed by atoms with Crippen molar-refractivity contribution >= 4 is 11.2 Å². The van der Waals surface area contributed by atoms with Crippen LogP contribution in [0.3, 0.4) is 0 Å². The zero-order chi connectivity index (χ0) is 23.1. The Balaban J connectivity index is 1.56. The van der Waals surface area contributed by atoms with Crippen molar-refractivity contribution in [2.24, 2.45) is 0 Å². The number of benzene rings is 2. The minimum absolute atomic E-state index is 0.0257. The van der Waals surface area contributed by atoms with Crippen LogP contribution in [0.1, 0.15) is 18.4 Å². The normalized spacial score (nSPS) is 17.4. The number of H-pyrrole nitrogens is 1. The molecule has 0 amide bonds. The van der Waals surface area contributed by atoms with Gasteiger partial charge in [0, 0.05) is 12.2 Å². The molecule has 9 heteroatoms. The third kappa shape index (κ3) is 3.67. The van der Waals surface area contributed by atoms with Crippen molar-refractivity contribution in [3.63, 3.8) is 0 Å². The summed E-state index contributed by atoms with van der Waals surface area (Å²) in [4.78, 5) is 33.2. The van der Waals surface area contributed by atoms with Crippen LogP contribution in [0.5, 0.6) is 11.5 Å². The fraction of sp³-hybridized carbons (Fsp3) is 0.320. The average Bonchev–Trinajstić information content (AvgIpc) is 3.51. The van der Waals surface area contributed by atoms with Crippen molar-refractivity contribution in [1.82, 2.24) is 19.1 Å². The molecule has 6 rings (SSSR count). The number of nitrogens with zero attached hydrogens (tertiary/aromatic N) is 3. The summed E-state index contributed by atoms with van der Waals surface area (Å²) in [6.07, 6.45) is 1.86. The topological polar surface area (TPSA) is 100 Å². The van der Waals surface area contributed by atoms with Gasteiger partial charge in [-0.15, -0.1) is 0 Å². The summed E-state index contributed by atoms with van der Waals surface area (Å²) in [5.41, 5.74) is 1.47. The van der Waals surface area contributed by atoms with E-state index in [1.165, 1.54) is 4.57 Å². The summed E-state index contributed by atoms with van der Waals surface area (Å²) in [6.45, 7) is 2.44. The van der Waals surface area contributed by atoms with Gasteiger partial charge < -0.3 is 18.8 Å². The first-order chi connectivity index (χ1) is 16.7. The van der Waals surface area contributed by atoms with E-state index in [2.05, 4.69) is 4.98 Å². The van der Waals surface area contributed by atoms with E-state index in [1.54, 1.807) is 0 Å². The van der Waals surface area contributed by atoms with Gasteiger partial charge in [0.1, 0.15) is 19.0 Å². The highest BCUT2D eigenvalue weighted by atomic mass is 16.6. The number of ether oxygens (including phenoxy) is 3. The first-order valence-corrected chi connectivity index (χ1v) is 11.5. The standard InChI is InChI=1S/C25H24N4O5/c30-24-21-23(29(25(31)27-24)14-16-5-2-1-3-6-16)26-22(28(21)15-18-7-4-10-32-18)17-8-9-19-20(13-17)34-12-11-33-19/h1-3,5-6,8-9,13,18H,4,7,10-12,14-15H2,(H,27,30,31)/t18-/m1/s1. The molecule has 4 heterocycles. The van der Waals surface area contributed by atoms with E-state index in [9.17, 15) is 9.59 Å². The van der Waals surface area contributed by atoms with Crippen LogP contribution in [0.25, 0.3) is 22.6 Å². The Hall–Kier alpha value is -3.85. The number of aromatic amines is 1. The highest BCUT2D eigenvalue weighted by molar-refractivity contribution is 5.78. The molecule has 1 atom stereocenters. The van der Waals surface area contributed by atoms with E-state index in [-0.39, 0.29) is 6.10 Å². The van der Waals surface area contributed by atoms with Crippen LogP contribution in [0, 0.1) is 0 Å². The molecular weight excluding hydrogens is 436 g/mol. The maximum absolute atomic E-state index is 13.1. The van der Waals surface area contributed by atoms with Gasteiger partial charge in [0.15, 0.2) is 22.7 Å². The molecule has 1 fully saturated rings. The van der Waals surface area contributed by atoms with Gasteiger partial charge in [-0.3, -0.25) is 14.3 Å². The number of hydrogen-bond donors (Lipinski definition) is 1. The van der Waals surface area contributed by atoms with Crippen molar-refractivity contribution < 1.29 is 14.2 Å². The highest BCUT2D eigenvalue weighted by Gasteiger charge is 2.25. The van der Waals surface area contributed by atoms with Gasteiger partial charge in [0.25, 0.3) is 5.56 Å². The van der Waals surface area contributed by atoms with Crippen molar-refractivity contribution in [3.8, 4) is 22.9 Å². The number of rotatable bonds is 5. The molecule has 1 saturated heterocycles. The molecular formula is C25H24N4O5. The molecule has 2 aliphatic rings. The van der Waals surface area contributed by atoms with Gasteiger partial charge in [-0.2, -0.15) is 0 Å². The van der Waals surface area contributed by atoms with Gasteiger partial charge in [0.05, 0.1) is 19.2 Å². The van der Waals surface area contributed by atoms with Gasteiger partial charge in [-0.1, -0.05) is 30.3 Å². The SMILES string of the molecule is O=c1[nH]c(=O)n(Cc2ccccc2)c2nc(-c3ccc4c(c3)OCCO4)n(C[C@H]3CCCO3)c12. The third-order valence-corrected chi connectivity index (χ3v) is 6.28. The lowest BCUT2D eigenvalue weighted by Gasteiger charge is -2.19. The number of hydrogen-bond acceptors (Lipinski definition) is 6. The third-order valence-electron chi connectivity index (χ3n) is 6.28. The van der Waals surface area contributed by atoms with E-state index in [1.807, 2.05) is 53.1 Å². The van der Waals surface area contributed by atoms with Crippen LogP contribution >= 0.6 is 0 Å². The van der Waals surface area contributed by atoms with Crippen LogP contribution in [0.4, 0.5) is 0 Å². The lowest BCUT2D eigenvalue weighted by molar-refractivity contribution is 0.0982. The zero-order valence-corrected chi connectivity index (χ0v) is 18.5. The van der Waals surface area contributed by atoms with E-state index < -0.39 is 11.2 Å². The van der Waals surface area contributed by atoms with Crippen LogP contribution < -0.4 is 20.7 Å². The molecule has 4 aromatic rings. The number of nitrogens with one attached hydrogen (secondary N) is 1. The second-order valence-corrected chi connectivity index (χ2v) is 8.54. The van der Waals surface area contributed by atoms with Crippen LogP contribution in [-0.2, 0) is 17.8 Å². The summed E-state index contributed by atoms with van der Waals surface area (Å²) < 4.78 is 20.7. The Labute approximate surface area is 194 Å². The molecule has 34 heavy (non-hydrogen) atoms. The zero-order valence-electron chi connectivity index (χ0n) is 18.5. The summed E-state index contributed by atoms with van der Waals surface area (Å²) in [7, 11) is 0. The molecule has 2 aromatic heterocycles. The Morgan fingerprint density at radius 1 is 0.971 bits per heavy atom. The van der Waals surface area contributed by atoms with Crippen molar-refractivity contribution in [2.45, 2.75) is 32.0 Å². The van der Waals surface area contributed by atoms with Crippen LogP contribution in [-0.4, -0.2) is 45.0 Å². The van der Waals surface area contributed by atoms with E-state index in [0.29, 0.717) is 61.4 Å². The fourth-order valence-electron chi connectivity index (χ4n) is 4.66. The smallest absolute Gasteiger partial charge is 0.330 e. The number of aromatic nitrogens is 4. The Morgan fingerprint density at radius 2 is 1.79 bits per heavy atom. The maximum atomic E-state index is 13.1. The quantitative estimate of drug-likeness (QED) is 0.491. The van der Waals surface area contributed by atoms with Crippen molar-refractivity contribution in [1.29, 1.82) is 0 Å². The average molecular weight is 460 g/mol. The Morgan fingerprint density at radius 3 is 2.59 bits per heavy atom. The summed E-state index contributed by atoms with van der Waals surface area (Å²) >= 11 is 0. The lowest BCUT2D eigenvalue weighted by atomic mass is 10.1. The minimum Gasteiger partial charge on any atom is -0.486 e. The maximum Gasteiger partial charge on any atom is 0.330 e. The monoisotopic (exact) mass is 460 g/mol. The van der Waals surface area contributed by atoms with Gasteiger partial charge in [-0.05, 0) is 36.6 Å². The first kappa shape index (κ1) is 20.7. The molecule has 2 aromatic carbocycles. The van der Waals surface area contributed by atoms with E-state index in [4.69, 9.17) is 19.2 Å². The van der Waals surface area contributed by atoms with Crippen LogP contribution in [0.2, 0.25) is 0 Å². The predicted octanol–water partition coefficient (Wildman–Crippen LogP) is 2.55. The van der Waals surface area contributed by atoms with Gasteiger partial charge >= 0.3 is 5.69 Å². The number of fused-ring (bicyclic) bond motifs is 2. The molecule has 0 spiro atoms. The first-order valence-electron chi connectivity index (χ1n) is 11.5. The molecule has 1 N–H and O–H groups in total. The second-order valence-electron chi connectivity index (χ2n) is 8.54.